The van der Waals surface area contributed by atoms with Gasteiger partial charge in [-0.05, 0) is 24.6 Å². The largest absolute Gasteiger partial charge is 0.497 e. The van der Waals surface area contributed by atoms with Crippen molar-refractivity contribution in [1.82, 2.24) is 14.9 Å². The molecule has 1 amide bonds. The number of ether oxygens (including phenoxy) is 2. The Bertz CT molecular complexity index is 896. The summed E-state index contributed by atoms with van der Waals surface area (Å²) in [6.07, 6.45) is -6.60. The molecule has 0 aliphatic carbocycles. The fourth-order valence-corrected chi connectivity index (χ4v) is 2.78. The molecule has 1 aliphatic heterocycles. The maximum Gasteiger partial charge on any atom is 0.433 e. The normalized spacial score (nSPS) is 19.9. The van der Waals surface area contributed by atoms with Crippen LogP contribution in [-0.2, 0) is 17.5 Å². The molecule has 1 N–H and O–H groups in total. The smallest absolute Gasteiger partial charge is 0.433 e. The molecule has 1 fully saturated rings. The summed E-state index contributed by atoms with van der Waals surface area (Å²) in [6, 6.07) is 6.70. The Hall–Kier alpha value is -3.04. The highest BCUT2D eigenvalue weighted by Crippen LogP contribution is 2.33. The molecule has 7 nitrogen and oxygen atoms in total. The van der Waals surface area contributed by atoms with Crippen molar-refractivity contribution in [2.75, 3.05) is 7.11 Å². The Morgan fingerprint density at radius 3 is 2.52 bits per heavy atom. The third kappa shape index (κ3) is 3.88. The van der Waals surface area contributed by atoms with E-state index in [0.717, 1.165) is 5.56 Å². The van der Waals surface area contributed by atoms with E-state index in [4.69, 9.17) is 9.47 Å². The SMILES string of the molecule is COc1ccc(CN2C(=O)O[C@@H](c3nc(C(F)(F)F)cc(=O)[nH]3)[C@@H]2C)cc1. The Balaban J connectivity index is 1.84. The van der Waals surface area contributed by atoms with E-state index in [-0.39, 0.29) is 12.4 Å². The molecule has 27 heavy (non-hydrogen) atoms. The predicted octanol–water partition coefficient (Wildman–Crippen LogP) is 2.88. The molecule has 0 spiro atoms. The Labute approximate surface area is 151 Å². The molecule has 3 rings (SSSR count). The number of nitrogens with zero attached hydrogens (tertiary/aromatic N) is 2. The van der Waals surface area contributed by atoms with Crippen LogP contribution < -0.4 is 10.3 Å². The lowest BCUT2D eigenvalue weighted by Gasteiger charge is -2.20. The van der Waals surface area contributed by atoms with E-state index in [1.165, 1.54) is 12.0 Å². The fourth-order valence-electron chi connectivity index (χ4n) is 2.78. The quantitative estimate of drug-likeness (QED) is 0.878. The first-order valence-electron chi connectivity index (χ1n) is 7.97. The second-order valence-corrected chi connectivity index (χ2v) is 6.03. The molecule has 0 bridgehead atoms. The lowest BCUT2D eigenvalue weighted by molar-refractivity contribution is -0.141. The van der Waals surface area contributed by atoms with Crippen molar-refractivity contribution in [3.8, 4) is 5.75 Å². The lowest BCUT2D eigenvalue weighted by Crippen LogP contribution is -2.32. The number of H-pyrrole nitrogens is 1. The third-order valence-corrected chi connectivity index (χ3v) is 4.22. The molecule has 1 aromatic heterocycles. The van der Waals surface area contributed by atoms with Gasteiger partial charge in [0.2, 0.25) is 0 Å². The van der Waals surface area contributed by atoms with Gasteiger partial charge in [-0.3, -0.25) is 9.69 Å². The second-order valence-electron chi connectivity index (χ2n) is 6.03. The zero-order valence-electron chi connectivity index (χ0n) is 14.4. The van der Waals surface area contributed by atoms with Gasteiger partial charge >= 0.3 is 12.3 Å². The van der Waals surface area contributed by atoms with Crippen LogP contribution in [0.2, 0.25) is 0 Å². The van der Waals surface area contributed by atoms with Crippen LogP contribution in [0.4, 0.5) is 18.0 Å². The summed E-state index contributed by atoms with van der Waals surface area (Å²) in [6.45, 7) is 1.79. The number of alkyl halides is 3. The maximum absolute atomic E-state index is 12.9. The summed E-state index contributed by atoms with van der Waals surface area (Å²) in [5.41, 5.74) is -1.52. The van der Waals surface area contributed by atoms with Crippen molar-refractivity contribution in [1.29, 1.82) is 0 Å². The first kappa shape index (κ1) is 18.7. The number of amides is 1. The summed E-state index contributed by atoms with van der Waals surface area (Å²) >= 11 is 0. The molecule has 2 heterocycles. The highest BCUT2D eigenvalue weighted by atomic mass is 19.4. The molecule has 1 saturated heterocycles. The number of aromatic nitrogens is 2. The molecule has 0 radical (unpaired) electrons. The molecule has 2 atom stereocenters. The molecule has 0 unspecified atom stereocenters. The van der Waals surface area contributed by atoms with Crippen LogP contribution in [-0.4, -0.2) is 34.1 Å². The monoisotopic (exact) mass is 383 g/mol. The van der Waals surface area contributed by atoms with Gasteiger partial charge in [-0.2, -0.15) is 13.2 Å². The average Bonchev–Trinajstić information content (AvgIpc) is 2.89. The number of hydrogen-bond acceptors (Lipinski definition) is 5. The predicted molar refractivity (Wildman–Crippen MR) is 87.1 cm³/mol. The minimum Gasteiger partial charge on any atom is -0.497 e. The number of nitrogens with one attached hydrogen (secondary N) is 1. The molecule has 0 saturated carbocycles. The van der Waals surface area contributed by atoms with Gasteiger partial charge < -0.3 is 14.5 Å². The highest BCUT2D eigenvalue weighted by molar-refractivity contribution is 5.70. The average molecular weight is 383 g/mol. The first-order chi connectivity index (χ1) is 12.7. The minimum atomic E-state index is -4.78. The van der Waals surface area contributed by atoms with E-state index in [0.29, 0.717) is 11.8 Å². The van der Waals surface area contributed by atoms with Crippen molar-refractivity contribution in [3.05, 3.63) is 57.8 Å². The number of cyclic esters (lactones) is 1. The fraction of sp³-hybridized carbons (Fsp3) is 0.353. The van der Waals surface area contributed by atoms with Crippen molar-refractivity contribution in [3.63, 3.8) is 0 Å². The Morgan fingerprint density at radius 2 is 1.93 bits per heavy atom. The third-order valence-electron chi connectivity index (χ3n) is 4.22. The summed E-state index contributed by atoms with van der Waals surface area (Å²) in [7, 11) is 1.53. The van der Waals surface area contributed by atoms with Gasteiger partial charge in [-0.15, -0.1) is 0 Å². The van der Waals surface area contributed by atoms with Gasteiger partial charge in [0.25, 0.3) is 5.56 Å². The number of aromatic amines is 1. The molecule has 2 aromatic rings. The van der Waals surface area contributed by atoms with Crippen LogP contribution >= 0.6 is 0 Å². The molecule has 144 valence electrons. The van der Waals surface area contributed by atoms with Crippen LogP contribution in [0.5, 0.6) is 5.75 Å². The van der Waals surface area contributed by atoms with Crippen molar-refractivity contribution < 1.29 is 27.4 Å². The first-order valence-corrected chi connectivity index (χ1v) is 7.97. The molecule has 1 aliphatic rings. The van der Waals surface area contributed by atoms with Crippen LogP contribution in [0.25, 0.3) is 0 Å². The number of rotatable bonds is 4. The van der Waals surface area contributed by atoms with Gasteiger partial charge in [0, 0.05) is 12.6 Å². The summed E-state index contributed by atoms with van der Waals surface area (Å²) in [5, 5.41) is 0. The summed E-state index contributed by atoms with van der Waals surface area (Å²) in [5.74, 6) is 0.312. The number of halogens is 3. The van der Waals surface area contributed by atoms with Gasteiger partial charge in [-0.25, -0.2) is 9.78 Å². The number of carbonyl (C=O) groups excluding carboxylic acids is 1. The van der Waals surface area contributed by atoms with E-state index in [1.54, 1.807) is 31.2 Å². The van der Waals surface area contributed by atoms with Gasteiger partial charge in [0.15, 0.2) is 17.6 Å². The second kappa shape index (κ2) is 6.93. The van der Waals surface area contributed by atoms with Crippen molar-refractivity contribution >= 4 is 6.09 Å². The van der Waals surface area contributed by atoms with Crippen LogP contribution in [0.3, 0.4) is 0 Å². The number of hydrogen-bond donors (Lipinski definition) is 1. The van der Waals surface area contributed by atoms with E-state index in [9.17, 15) is 22.8 Å². The molecule has 10 heteroatoms. The molecule has 1 aromatic carbocycles. The highest BCUT2D eigenvalue weighted by Gasteiger charge is 2.42. The Morgan fingerprint density at radius 1 is 1.26 bits per heavy atom. The van der Waals surface area contributed by atoms with Crippen LogP contribution in [0, 0.1) is 0 Å². The van der Waals surface area contributed by atoms with E-state index >= 15 is 0 Å². The molecular formula is C17H16F3N3O4. The van der Waals surface area contributed by atoms with E-state index < -0.39 is 35.7 Å². The van der Waals surface area contributed by atoms with Crippen molar-refractivity contribution in [2.24, 2.45) is 0 Å². The van der Waals surface area contributed by atoms with Crippen molar-refractivity contribution in [2.45, 2.75) is 31.8 Å². The standard InChI is InChI=1S/C17H16F3N3O4/c1-9-14(15-21-12(17(18,19)20)7-13(24)22-15)27-16(25)23(9)8-10-3-5-11(26-2)6-4-10/h3-7,9,14H,8H2,1-2H3,(H,21,22,24)/t9-,14+/m0/s1. The zero-order valence-corrected chi connectivity index (χ0v) is 14.4. The van der Waals surface area contributed by atoms with Crippen LogP contribution in [0.15, 0.2) is 35.1 Å². The van der Waals surface area contributed by atoms with E-state index in [1.807, 2.05) is 0 Å². The van der Waals surface area contributed by atoms with Gasteiger partial charge in [0.1, 0.15) is 5.75 Å². The topological polar surface area (TPSA) is 84.5 Å². The number of benzene rings is 1. The lowest BCUT2D eigenvalue weighted by atomic mass is 10.1. The minimum absolute atomic E-state index is 0.184. The summed E-state index contributed by atoms with van der Waals surface area (Å²) < 4.78 is 48.9. The summed E-state index contributed by atoms with van der Waals surface area (Å²) in [4.78, 5) is 30.8. The van der Waals surface area contributed by atoms with E-state index in [2.05, 4.69) is 9.97 Å². The van der Waals surface area contributed by atoms with Gasteiger partial charge in [-0.1, -0.05) is 12.1 Å². The molecular weight excluding hydrogens is 367 g/mol. The number of carbonyl (C=O) groups is 1. The maximum atomic E-state index is 12.9. The number of methoxy groups -OCH3 is 1. The van der Waals surface area contributed by atoms with Crippen LogP contribution in [0.1, 0.15) is 30.1 Å². The van der Waals surface area contributed by atoms with Gasteiger partial charge in [0.05, 0.1) is 13.2 Å². The Kier molecular flexibility index (Phi) is 4.81. The zero-order chi connectivity index (χ0) is 19.8.